The van der Waals surface area contributed by atoms with Crippen LogP contribution in [0.2, 0.25) is 0 Å². The average molecular weight is 430 g/mol. The second kappa shape index (κ2) is 7.91. The lowest BCUT2D eigenvalue weighted by atomic mass is 9.74. The van der Waals surface area contributed by atoms with Crippen LogP contribution < -0.4 is 16.0 Å². The van der Waals surface area contributed by atoms with Gasteiger partial charge in [0.15, 0.2) is 0 Å². The number of carbonyl (C=O) groups excluding carboxylic acids is 2. The van der Waals surface area contributed by atoms with Gasteiger partial charge in [0.05, 0.1) is 11.3 Å². The summed E-state index contributed by atoms with van der Waals surface area (Å²) in [7, 11) is 0. The number of aromatic nitrogens is 2. The van der Waals surface area contributed by atoms with E-state index < -0.39 is 0 Å². The van der Waals surface area contributed by atoms with Crippen LogP contribution in [0.15, 0.2) is 48.8 Å². The highest BCUT2D eigenvalue weighted by Crippen LogP contribution is 2.38. The number of hydrogen-bond acceptors (Lipinski definition) is 4. The van der Waals surface area contributed by atoms with Crippen LogP contribution >= 0.6 is 0 Å². The van der Waals surface area contributed by atoms with Gasteiger partial charge in [-0.1, -0.05) is 6.07 Å². The number of piperidine rings is 1. The number of carbonyl (C=O) groups is 2. The fourth-order valence-electron chi connectivity index (χ4n) is 4.83. The summed E-state index contributed by atoms with van der Waals surface area (Å²) in [6.07, 6.45) is 5.70. The Morgan fingerprint density at radius 1 is 1.12 bits per heavy atom. The minimum absolute atomic E-state index is 0.0349. The fraction of sp³-hybridized carbons (Fsp3) is 0.320. The number of amides is 2. The van der Waals surface area contributed by atoms with Crippen LogP contribution in [-0.4, -0.2) is 41.0 Å². The molecular weight excluding hydrogens is 402 g/mol. The Bertz CT molecular complexity index is 1210. The maximum Gasteiger partial charge on any atom is 0.256 e. The maximum atomic E-state index is 12.8. The molecule has 2 aliphatic rings. The van der Waals surface area contributed by atoms with Gasteiger partial charge in [-0.05, 0) is 68.6 Å². The lowest BCUT2D eigenvalue weighted by Gasteiger charge is -2.41. The van der Waals surface area contributed by atoms with Crippen molar-refractivity contribution in [1.82, 2.24) is 20.2 Å². The van der Waals surface area contributed by atoms with Gasteiger partial charge in [0.25, 0.3) is 11.8 Å². The molecule has 1 aromatic carbocycles. The van der Waals surface area contributed by atoms with Gasteiger partial charge in [0.2, 0.25) is 0 Å². The Morgan fingerprint density at radius 3 is 2.78 bits per heavy atom. The molecule has 164 valence electrons. The lowest BCUT2D eigenvalue weighted by Crippen LogP contribution is -2.55. The summed E-state index contributed by atoms with van der Waals surface area (Å²) in [5.41, 5.74) is 5.30. The summed E-state index contributed by atoms with van der Waals surface area (Å²) in [6.45, 7) is 6.46. The number of fused-ring (bicyclic) bond motifs is 2. The van der Waals surface area contributed by atoms with Crippen molar-refractivity contribution in [2.45, 2.75) is 32.1 Å². The van der Waals surface area contributed by atoms with Crippen molar-refractivity contribution in [1.29, 1.82) is 0 Å². The van der Waals surface area contributed by atoms with Crippen molar-refractivity contribution in [3.05, 3.63) is 76.7 Å². The van der Waals surface area contributed by atoms with Crippen LogP contribution in [0.3, 0.4) is 0 Å². The van der Waals surface area contributed by atoms with E-state index in [9.17, 15) is 9.59 Å². The first kappa shape index (κ1) is 20.5. The summed E-state index contributed by atoms with van der Waals surface area (Å²) in [5, 5.41) is 9.48. The van der Waals surface area contributed by atoms with E-state index in [0.717, 1.165) is 54.0 Å². The predicted molar refractivity (Wildman–Crippen MR) is 124 cm³/mol. The third kappa shape index (κ3) is 3.48. The molecule has 2 aliphatic heterocycles. The molecule has 1 saturated heterocycles. The van der Waals surface area contributed by atoms with Gasteiger partial charge in [-0.25, -0.2) is 4.98 Å². The SMILES string of the molecule is Cc1ccc(C(=O)Nc2cc(-n3ccc4c3[C@]3(CCCNC3)CNC4=O)ccn2)cc1C. The predicted octanol–water partition coefficient (Wildman–Crippen LogP) is 3.11. The standard InChI is InChI=1S/C25H27N5O2/c1-16-4-5-18(12-17(16)2)23(31)29-21-13-19(6-10-27-21)30-11-7-20-22(30)25(15-28-24(20)32)8-3-9-26-14-25/h4-7,10-13,26H,3,8-9,14-15H2,1-2H3,(H,28,32)(H,27,29,31)/t25-/m0/s1. The molecule has 2 aromatic heterocycles. The van der Waals surface area contributed by atoms with E-state index in [2.05, 4.69) is 25.5 Å². The molecule has 4 heterocycles. The van der Waals surface area contributed by atoms with Gasteiger partial charge in [0.1, 0.15) is 5.82 Å². The van der Waals surface area contributed by atoms with E-state index in [0.29, 0.717) is 17.9 Å². The number of pyridine rings is 1. The third-order valence-corrected chi connectivity index (χ3v) is 6.73. The van der Waals surface area contributed by atoms with E-state index in [1.165, 1.54) is 0 Å². The molecule has 0 radical (unpaired) electrons. The van der Waals surface area contributed by atoms with Crippen LogP contribution in [0, 0.1) is 13.8 Å². The van der Waals surface area contributed by atoms with Gasteiger partial charge < -0.3 is 20.5 Å². The van der Waals surface area contributed by atoms with E-state index in [4.69, 9.17) is 0 Å². The second-order valence-corrected chi connectivity index (χ2v) is 8.84. The molecule has 0 unspecified atom stereocenters. The van der Waals surface area contributed by atoms with Crippen LogP contribution in [0.25, 0.3) is 5.69 Å². The highest BCUT2D eigenvalue weighted by molar-refractivity contribution is 6.04. The summed E-state index contributed by atoms with van der Waals surface area (Å²) in [5.74, 6) is 0.246. The summed E-state index contributed by atoms with van der Waals surface area (Å²) in [4.78, 5) is 29.7. The Kier molecular flexibility index (Phi) is 5.06. The Hall–Kier alpha value is -3.45. The summed E-state index contributed by atoms with van der Waals surface area (Å²) < 4.78 is 2.08. The first-order chi connectivity index (χ1) is 15.5. The van der Waals surface area contributed by atoms with E-state index in [1.54, 1.807) is 6.20 Å². The van der Waals surface area contributed by atoms with Crippen molar-refractivity contribution in [2.75, 3.05) is 25.0 Å². The van der Waals surface area contributed by atoms with Gasteiger partial charge in [-0.2, -0.15) is 0 Å². The molecule has 3 aromatic rings. The van der Waals surface area contributed by atoms with Gasteiger partial charge in [-0.15, -0.1) is 0 Å². The first-order valence-corrected chi connectivity index (χ1v) is 11.0. The molecule has 1 fully saturated rings. The van der Waals surface area contributed by atoms with Crippen molar-refractivity contribution in [2.24, 2.45) is 0 Å². The number of nitrogens with zero attached hydrogens (tertiary/aromatic N) is 2. The van der Waals surface area contributed by atoms with E-state index in [1.807, 2.05) is 56.4 Å². The van der Waals surface area contributed by atoms with Crippen LogP contribution in [0.5, 0.6) is 0 Å². The van der Waals surface area contributed by atoms with Gasteiger partial charge >= 0.3 is 0 Å². The molecule has 1 spiro atoms. The number of rotatable bonds is 3. The maximum absolute atomic E-state index is 12.8. The molecule has 1 atom stereocenters. The van der Waals surface area contributed by atoms with Crippen molar-refractivity contribution < 1.29 is 9.59 Å². The summed E-state index contributed by atoms with van der Waals surface area (Å²) >= 11 is 0. The second-order valence-electron chi connectivity index (χ2n) is 8.84. The Morgan fingerprint density at radius 2 is 2.00 bits per heavy atom. The first-order valence-electron chi connectivity index (χ1n) is 11.0. The topological polar surface area (TPSA) is 88.0 Å². The largest absolute Gasteiger partial charge is 0.351 e. The smallest absolute Gasteiger partial charge is 0.256 e. The molecule has 0 aliphatic carbocycles. The molecule has 3 N–H and O–H groups in total. The average Bonchev–Trinajstić information content (AvgIpc) is 3.26. The van der Waals surface area contributed by atoms with Crippen molar-refractivity contribution in [3.63, 3.8) is 0 Å². The number of benzene rings is 1. The van der Waals surface area contributed by atoms with Crippen LogP contribution in [-0.2, 0) is 5.41 Å². The number of anilines is 1. The number of aryl methyl sites for hydroxylation is 2. The molecule has 7 nitrogen and oxygen atoms in total. The molecule has 5 rings (SSSR count). The molecular formula is C25H27N5O2. The quantitative estimate of drug-likeness (QED) is 0.597. The molecule has 0 saturated carbocycles. The molecule has 2 amide bonds. The third-order valence-electron chi connectivity index (χ3n) is 6.73. The monoisotopic (exact) mass is 429 g/mol. The molecule has 0 bridgehead atoms. The van der Waals surface area contributed by atoms with E-state index >= 15 is 0 Å². The van der Waals surface area contributed by atoms with Crippen molar-refractivity contribution >= 4 is 17.6 Å². The zero-order valence-corrected chi connectivity index (χ0v) is 18.4. The highest BCUT2D eigenvalue weighted by atomic mass is 16.2. The zero-order chi connectivity index (χ0) is 22.3. The highest BCUT2D eigenvalue weighted by Gasteiger charge is 2.43. The normalized spacial score (nSPS) is 20.0. The minimum Gasteiger partial charge on any atom is -0.351 e. The van der Waals surface area contributed by atoms with Gasteiger partial charge in [0, 0.05) is 48.2 Å². The summed E-state index contributed by atoms with van der Waals surface area (Å²) in [6, 6.07) is 11.3. The van der Waals surface area contributed by atoms with E-state index in [-0.39, 0.29) is 17.2 Å². The minimum atomic E-state index is -0.195. The molecule has 32 heavy (non-hydrogen) atoms. The van der Waals surface area contributed by atoms with Gasteiger partial charge in [-0.3, -0.25) is 9.59 Å². The fourth-order valence-corrected chi connectivity index (χ4v) is 4.83. The Labute approximate surface area is 187 Å². The van der Waals surface area contributed by atoms with Crippen molar-refractivity contribution in [3.8, 4) is 5.69 Å². The van der Waals surface area contributed by atoms with Crippen LogP contribution in [0.4, 0.5) is 5.82 Å². The number of hydrogen-bond donors (Lipinski definition) is 3. The molecule has 7 heteroatoms. The van der Waals surface area contributed by atoms with Crippen LogP contribution in [0.1, 0.15) is 50.4 Å². The lowest BCUT2D eigenvalue weighted by molar-refractivity contribution is 0.0914. The zero-order valence-electron chi connectivity index (χ0n) is 18.4. The number of nitrogens with one attached hydrogen (secondary N) is 3. The Balaban J connectivity index is 1.48.